The predicted molar refractivity (Wildman–Crippen MR) is 134 cm³/mol. The lowest BCUT2D eigenvalue weighted by Gasteiger charge is -2.32. The molecule has 36 heavy (non-hydrogen) atoms. The zero-order chi connectivity index (χ0) is 25.5. The summed E-state index contributed by atoms with van der Waals surface area (Å²) in [6.07, 6.45) is 6.76. The third-order valence-corrected chi connectivity index (χ3v) is 7.32. The smallest absolute Gasteiger partial charge is 0.407 e. The van der Waals surface area contributed by atoms with Crippen molar-refractivity contribution in [2.75, 3.05) is 31.7 Å². The number of ether oxygens (including phenoxy) is 2. The number of furan rings is 1. The van der Waals surface area contributed by atoms with Crippen LogP contribution >= 0.6 is 0 Å². The Labute approximate surface area is 211 Å². The molecule has 196 valence electrons. The van der Waals surface area contributed by atoms with E-state index in [0.29, 0.717) is 55.2 Å². The number of amides is 2. The number of carboxylic acid groups (broad SMARTS) is 1. The number of carbonyl (C=O) groups is 3. The van der Waals surface area contributed by atoms with Gasteiger partial charge in [0.1, 0.15) is 11.6 Å². The first kappa shape index (κ1) is 26.0. The second kappa shape index (κ2) is 12.3. The van der Waals surface area contributed by atoms with Crippen LogP contribution in [0, 0.1) is 11.8 Å². The molecule has 0 radical (unpaired) electrons. The molecule has 1 saturated carbocycles. The molecule has 1 aromatic heterocycles. The number of likely N-dealkylation sites (tertiary alicyclic amines) is 1. The van der Waals surface area contributed by atoms with Gasteiger partial charge in [-0.1, -0.05) is 32.1 Å². The lowest BCUT2D eigenvalue weighted by molar-refractivity contribution is -0.121. The fourth-order valence-corrected chi connectivity index (χ4v) is 5.55. The summed E-state index contributed by atoms with van der Waals surface area (Å²) >= 11 is 0. The van der Waals surface area contributed by atoms with Crippen molar-refractivity contribution in [2.45, 2.75) is 64.3 Å². The van der Waals surface area contributed by atoms with Crippen LogP contribution in [0.2, 0.25) is 0 Å². The minimum absolute atomic E-state index is 0.0361. The molecule has 4 rings (SSSR count). The summed E-state index contributed by atoms with van der Waals surface area (Å²) in [7, 11) is 0. The fraction of sp³-hybridized carbons (Fsp3) is 0.593. The van der Waals surface area contributed by atoms with E-state index in [9.17, 15) is 19.5 Å². The number of esters is 1. The van der Waals surface area contributed by atoms with Gasteiger partial charge in [0, 0.05) is 30.8 Å². The molecule has 9 nitrogen and oxygen atoms in total. The maximum atomic E-state index is 13.3. The molecular formula is C27H36N2O7. The van der Waals surface area contributed by atoms with Crippen LogP contribution in [0.3, 0.4) is 0 Å². The van der Waals surface area contributed by atoms with Gasteiger partial charge in [0.15, 0.2) is 0 Å². The lowest BCUT2D eigenvalue weighted by Crippen LogP contribution is -2.47. The van der Waals surface area contributed by atoms with Gasteiger partial charge >= 0.3 is 12.1 Å². The summed E-state index contributed by atoms with van der Waals surface area (Å²) in [5, 5.41) is 13.3. The largest absolute Gasteiger partial charge is 0.465 e. The second-order valence-corrected chi connectivity index (χ2v) is 9.66. The Morgan fingerprint density at radius 2 is 1.86 bits per heavy atom. The Hall–Kier alpha value is -3.07. The molecular weight excluding hydrogens is 464 g/mol. The van der Waals surface area contributed by atoms with Crippen LogP contribution in [0.4, 0.5) is 10.5 Å². The van der Waals surface area contributed by atoms with Gasteiger partial charge in [-0.15, -0.1) is 0 Å². The van der Waals surface area contributed by atoms with Crippen molar-refractivity contribution in [3.8, 4) is 0 Å². The van der Waals surface area contributed by atoms with Crippen molar-refractivity contribution < 1.29 is 33.4 Å². The summed E-state index contributed by atoms with van der Waals surface area (Å²) < 4.78 is 16.2. The van der Waals surface area contributed by atoms with E-state index in [1.54, 1.807) is 24.3 Å². The Balaban J connectivity index is 1.40. The molecule has 0 spiro atoms. The summed E-state index contributed by atoms with van der Waals surface area (Å²) in [5.74, 6) is -0.327. The van der Waals surface area contributed by atoms with E-state index < -0.39 is 18.1 Å². The van der Waals surface area contributed by atoms with Crippen LogP contribution in [0.1, 0.15) is 68.8 Å². The summed E-state index contributed by atoms with van der Waals surface area (Å²) in [4.78, 5) is 38.8. The highest BCUT2D eigenvalue weighted by molar-refractivity contribution is 5.99. The van der Waals surface area contributed by atoms with Crippen molar-refractivity contribution in [1.29, 1.82) is 0 Å². The molecule has 1 aliphatic heterocycles. The molecule has 1 aliphatic carbocycles. The highest BCUT2D eigenvalue weighted by atomic mass is 16.5. The normalized spacial score (nSPS) is 20.5. The molecule has 2 atom stereocenters. The number of nitrogens with zero attached hydrogens (tertiary/aromatic N) is 1. The first-order chi connectivity index (χ1) is 17.5. The van der Waals surface area contributed by atoms with E-state index in [1.165, 1.54) is 11.3 Å². The number of carbonyl (C=O) groups excluding carboxylic acids is 2. The topological polar surface area (TPSA) is 118 Å². The third-order valence-electron chi connectivity index (χ3n) is 7.32. The summed E-state index contributed by atoms with van der Waals surface area (Å²) in [6.45, 7) is 3.91. The molecule has 2 aliphatic rings. The molecule has 2 amide bonds. The molecule has 0 bridgehead atoms. The number of nitrogens with one attached hydrogen (secondary N) is 1. The zero-order valence-electron chi connectivity index (χ0n) is 20.9. The second-order valence-electron chi connectivity index (χ2n) is 9.66. The van der Waals surface area contributed by atoms with E-state index in [0.717, 1.165) is 32.1 Å². The van der Waals surface area contributed by atoms with Crippen molar-refractivity contribution in [1.82, 2.24) is 4.90 Å². The Kier molecular flexibility index (Phi) is 8.85. The number of anilines is 1. The average Bonchev–Trinajstić information content (AvgIpc) is 3.51. The number of hydrogen-bond donors (Lipinski definition) is 2. The number of fused-ring (bicyclic) bond motifs is 1. The SMILES string of the molecule is CCOCCCCOC(=O)c1cc2cc(NC(=O)[C@@H]3[C@H](C4CCCCC4)CCN3C(=O)O)ccc2o1. The number of benzene rings is 1. The first-order valence-electron chi connectivity index (χ1n) is 13.1. The van der Waals surface area contributed by atoms with Gasteiger partial charge in [-0.3, -0.25) is 9.69 Å². The number of rotatable bonds is 10. The minimum Gasteiger partial charge on any atom is -0.465 e. The lowest BCUT2D eigenvalue weighted by atomic mass is 9.76. The van der Waals surface area contributed by atoms with Crippen LogP contribution < -0.4 is 5.32 Å². The van der Waals surface area contributed by atoms with E-state index >= 15 is 0 Å². The third kappa shape index (κ3) is 6.19. The van der Waals surface area contributed by atoms with Crippen LogP contribution in [0.5, 0.6) is 0 Å². The summed E-state index contributed by atoms with van der Waals surface area (Å²) in [5.41, 5.74) is 1.04. The van der Waals surface area contributed by atoms with E-state index in [2.05, 4.69) is 5.32 Å². The zero-order valence-corrected chi connectivity index (χ0v) is 20.9. The van der Waals surface area contributed by atoms with Gasteiger partial charge < -0.3 is 24.3 Å². The molecule has 2 aromatic rings. The van der Waals surface area contributed by atoms with E-state index in [-0.39, 0.29) is 24.2 Å². The number of hydrogen-bond acceptors (Lipinski definition) is 6. The molecule has 2 N–H and O–H groups in total. The average molecular weight is 501 g/mol. The van der Waals surface area contributed by atoms with Gasteiger partial charge in [0.05, 0.1) is 6.61 Å². The van der Waals surface area contributed by atoms with E-state index in [1.807, 2.05) is 6.92 Å². The van der Waals surface area contributed by atoms with Crippen molar-refractivity contribution in [3.05, 3.63) is 30.0 Å². The van der Waals surface area contributed by atoms with Gasteiger partial charge in [0.25, 0.3) is 0 Å². The van der Waals surface area contributed by atoms with Gasteiger partial charge in [-0.05, 0) is 62.3 Å². The highest BCUT2D eigenvalue weighted by Gasteiger charge is 2.45. The Morgan fingerprint density at radius 1 is 1.08 bits per heavy atom. The predicted octanol–water partition coefficient (Wildman–Crippen LogP) is 5.29. The quantitative estimate of drug-likeness (QED) is 0.336. The number of unbranched alkanes of at least 4 members (excludes halogenated alkanes) is 1. The monoisotopic (exact) mass is 500 g/mol. The maximum Gasteiger partial charge on any atom is 0.407 e. The van der Waals surface area contributed by atoms with Gasteiger partial charge in [0.2, 0.25) is 11.7 Å². The van der Waals surface area contributed by atoms with Crippen molar-refractivity contribution in [3.63, 3.8) is 0 Å². The Bertz CT molecular complexity index is 1060. The standard InChI is InChI=1S/C27H36N2O7/c1-2-34-14-6-7-15-35-26(31)23-17-19-16-20(10-11-22(19)36-23)28-25(30)24-21(12-13-29(24)27(32)33)18-8-4-3-5-9-18/h10-11,16-18,21,24H,2-9,12-15H2,1H3,(H,28,30)(H,32,33)/t21-,24-/m0/s1. The summed E-state index contributed by atoms with van der Waals surface area (Å²) in [6, 6.07) is 6.01. The molecule has 9 heteroatoms. The minimum atomic E-state index is -1.06. The van der Waals surface area contributed by atoms with Crippen molar-refractivity contribution >= 4 is 34.6 Å². The van der Waals surface area contributed by atoms with Crippen LogP contribution in [0.25, 0.3) is 11.0 Å². The fourth-order valence-electron chi connectivity index (χ4n) is 5.55. The van der Waals surface area contributed by atoms with Crippen LogP contribution in [-0.2, 0) is 14.3 Å². The van der Waals surface area contributed by atoms with Crippen LogP contribution in [-0.4, -0.2) is 60.4 Å². The first-order valence-corrected chi connectivity index (χ1v) is 13.1. The Morgan fingerprint density at radius 3 is 2.61 bits per heavy atom. The molecule has 1 saturated heterocycles. The molecule has 0 unspecified atom stereocenters. The molecule has 1 aromatic carbocycles. The van der Waals surface area contributed by atoms with E-state index in [4.69, 9.17) is 13.9 Å². The van der Waals surface area contributed by atoms with Gasteiger partial charge in [-0.25, -0.2) is 9.59 Å². The van der Waals surface area contributed by atoms with Crippen molar-refractivity contribution in [2.24, 2.45) is 11.8 Å². The molecule has 2 heterocycles. The molecule has 2 fully saturated rings. The van der Waals surface area contributed by atoms with Crippen LogP contribution in [0.15, 0.2) is 28.7 Å². The highest BCUT2D eigenvalue weighted by Crippen LogP contribution is 2.39. The maximum absolute atomic E-state index is 13.3. The van der Waals surface area contributed by atoms with Gasteiger partial charge in [-0.2, -0.15) is 0 Å².